The Balaban J connectivity index is 4.12. The topological polar surface area (TPSA) is 89.5 Å². The molecule has 0 saturated heterocycles. The summed E-state index contributed by atoms with van der Waals surface area (Å²) in [7, 11) is -6.20. The van der Waals surface area contributed by atoms with Gasteiger partial charge in [-0.15, -0.1) is 3.63 Å². The highest BCUT2D eigenvalue weighted by molar-refractivity contribution is 7.99. The van der Waals surface area contributed by atoms with Crippen LogP contribution in [-0.2, 0) is 23.9 Å². The van der Waals surface area contributed by atoms with Gasteiger partial charge in [0.2, 0.25) is 0 Å². The molecule has 0 bridgehead atoms. The predicted molar refractivity (Wildman–Crippen MR) is 48.3 cm³/mol. The SMILES string of the molecule is CNCCCS(=O)(=O)OS(C)(=O)=O. The Hall–Kier alpha value is -0.180. The van der Waals surface area contributed by atoms with Crippen molar-refractivity contribution in [1.82, 2.24) is 5.32 Å². The Kier molecular flexibility index (Phi) is 4.82. The highest BCUT2D eigenvalue weighted by Gasteiger charge is 2.17. The number of hydrogen-bond donors (Lipinski definition) is 1. The van der Waals surface area contributed by atoms with Gasteiger partial charge < -0.3 is 5.32 Å². The summed E-state index contributed by atoms with van der Waals surface area (Å²) in [6, 6.07) is 0. The number of hydrogen-bond acceptors (Lipinski definition) is 6. The van der Waals surface area contributed by atoms with Gasteiger partial charge in [0, 0.05) is 0 Å². The van der Waals surface area contributed by atoms with E-state index in [1.807, 2.05) is 0 Å². The molecule has 0 unspecified atom stereocenters. The maximum atomic E-state index is 10.9. The van der Waals surface area contributed by atoms with Crippen molar-refractivity contribution in [3.8, 4) is 0 Å². The molecule has 8 heteroatoms. The van der Waals surface area contributed by atoms with E-state index < -0.39 is 20.2 Å². The van der Waals surface area contributed by atoms with Crippen molar-refractivity contribution in [2.45, 2.75) is 6.42 Å². The molecule has 0 aliphatic heterocycles. The first kappa shape index (κ1) is 12.8. The molecule has 0 radical (unpaired) electrons. The Labute approximate surface area is 78.5 Å². The molecular weight excluding hydrogens is 218 g/mol. The normalized spacial score (nSPS) is 13.1. The molecular formula is C5H13NO5S2. The van der Waals surface area contributed by atoms with E-state index in [1.165, 1.54) is 0 Å². The lowest BCUT2D eigenvalue weighted by Crippen LogP contribution is -2.18. The zero-order valence-electron chi connectivity index (χ0n) is 7.48. The standard InChI is InChI=1S/C5H13NO5S2/c1-6-4-3-5-13(9,10)11-12(2,7)8/h6H,3-5H2,1-2H3. The third-order valence-electron chi connectivity index (χ3n) is 1.05. The van der Waals surface area contributed by atoms with Gasteiger partial charge in [0.1, 0.15) is 0 Å². The van der Waals surface area contributed by atoms with E-state index in [4.69, 9.17) is 0 Å². The van der Waals surface area contributed by atoms with E-state index in [1.54, 1.807) is 7.05 Å². The number of nitrogens with one attached hydrogen (secondary N) is 1. The molecule has 0 fully saturated rings. The zero-order chi connectivity index (χ0) is 10.5. The quantitative estimate of drug-likeness (QED) is 0.584. The molecule has 0 aromatic carbocycles. The number of rotatable bonds is 6. The molecule has 0 aromatic heterocycles. The van der Waals surface area contributed by atoms with Gasteiger partial charge in [-0.3, -0.25) is 0 Å². The van der Waals surface area contributed by atoms with Crippen LogP contribution < -0.4 is 5.32 Å². The Morgan fingerprint density at radius 1 is 1.23 bits per heavy atom. The lowest BCUT2D eigenvalue weighted by Gasteiger charge is -2.01. The Morgan fingerprint density at radius 2 is 1.77 bits per heavy atom. The van der Waals surface area contributed by atoms with Crippen LogP contribution in [0.3, 0.4) is 0 Å². The highest BCUT2D eigenvalue weighted by atomic mass is 32.3. The monoisotopic (exact) mass is 231 g/mol. The smallest absolute Gasteiger partial charge is 0.281 e. The summed E-state index contributed by atoms with van der Waals surface area (Å²) < 4.78 is 46.6. The second kappa shape index (κ2) is 4.89. The first-order valence-electron chi connectivity index (χ1n) is 3.55. The van der Waals surface area contributed by atoms with E-state index in [-0.39, 0.29) is 5.75 Å². The van der Waals surface area contributed by atoms with Crippen LogP contribution in [-0.4, -0.2) is 42.4 Å². The molecule has 0 aromatic rings. The van der Waals surface area contributed by atoms with E-state index in [9.17, 15) is 16.8 Å². The van der Waals surface area contributed by atoms with Crippen molar-refractivity contribution in [2.24, 2.45) is 0 Å². The van der Waals surface area contributed by atoms with Gasteiger partial charge in [0.05, 0.1) is 12.0 Å². The first-order valence-corrected chi connectivity index (χ1v) is 6.94. The maximum Gasteiger partial charge on any atom is 0.281 e. The summed E-state index contributed by atoms with van der Waals surface area (Å²) in [5.41, 5.74) is 0. The van der Waals surface area contributed by atoms with Crippen molar-refractivity contribution in [3.63, 3.8) is 0 Å². The lowest BCUT2D eigenvalue weighted by atomic mass is 10.5. The van der Waals surface area contributed by atoms with E-state index >= 15 is 0 Å². The van der Waals surface area contributed by atoms with Crippen LogP contribution in [0.5, 0.6) is 0 Å². The van der Waals surface area contributed by atoms with Gasteiger partial charge in [-0.2, -0.15) is 16.8 Å². The van der Waals surface area contributed by atoms with Gasteiger partial charge in [-0.1, -0.05) is 0 Å². The molecule has 80 valence electrons. The summed E-state index contributed by atoms with van der Waals surface area (Å²) in [4.78, 5) is 0. The molecule has 0 amide bonds. The maximum absolute atomic E-state index is 10.9. The zero-order valence-corrected chi connectivity index (χ0v) is 9.11. The van der Waals surface area contributed by atoms with Gasteiger partial charge in [-0.05, 0) is 20.0 Å². The minimum absolute atomic E-state index is 0.305. The molecule has 13 heavy (non-hydrogen) atoms. The van der Waals surface area contributed by atoms with E-state index in [0.29, 0.717) is 19.2 Å². The second-order valence-electron chi connectivity index (χ2n) is 2.49. The largest absolute Gasteiger partial charge is 0.320 e. The third-order valence-corrected chi connectivity index (χ3v) is 3.66. The Morgan fingerprint density at radius 3 is 2.15 bits per heavy atom. The van der Waals surface area contributed by atoms with Crippen LogP contribution in [0.15, 0.2) is 0 Å². The molecule has 0 aliphatic rings. The van der Waals surface area contributed by atoms with Crippen molar-refractivity contribution < 1.29 is 20.5 Å². The Bertz CT molecular complexity index is 330. The average molecular weight is 231 g/mol. The highest BCUT2D eigenvalue weighted by Crippen LogP contribution is 2.00. The summed E-state index contributed by atoms with van der Waals surface area (Å²) >= 11 is 0. The van der Waals surface area contributed by atoms with Crippen LogP contribution in [0.2, 0.25) is 0 Å². The van der Waals surface area contributed by atoms with Crippen molar-refractivity contribution >= 4 is 20.2 Å². The van der Waals surface area contributed by atoms with Gasteiger partial charge in [0.15, 0.2) is 0 Å². The molecule has 6 nitrogen and oxygen atoms in total. The molecule has 1 N–H and O–H groups in total. The second-order valence-corrected chi connectivity index (χ2v) is 5.97. The third kappa shape index (κ3) is 8.16. The molecule has 0 saturated carbocycles. The minimum atomic E-state index is -3.94. The molecule has 0 rings (SSSR count). The fourth-order valence-corrected chi connectivity index (χ4v) is 2.92. The average Bonchev–Trinajstić information content (AvgIpc) is 1.81. The van der Waals surface area contributed by atoms with Crippen LogP contribution in [0.1, 0.15) is 6.42 Å². The van der Waals surface area contributed by atoms with Gasteiger partial charge in [0.25, 0.3) is 20.2 Å². The summed E-state index contributed by atoms with van der Waals surface area (Å²) in [6.45, 7) is 0.492. The van der Waals surface area contributed by atoms with Crippen molar-refractivity contribution in [2.75, 3.05) is 25.6 Å². The minimum Gasteiger partial charge on any atom is -0.320 e. The molecule has 0 heterocycles. The van der Waals surface area contributed by atoms with Crippen LogP contribution >= 0.6 is 0 Å². The summed E-state index contributed by atoms with van der Waals surface area (Å²) in [5.74, 6) is -0.305. The predicted octanol–water partition coefficient (Wildman–Crippen LogP) is -1.10. The van der Waals surface area contributed by atoms with Crippen molar-refractivity contribution in [1.29, 1.82) is 0 Å². The van der Waals surface area contributed by atoms with Crippen LogP contribution in [0.4, 0.5) is 0 Å². The fraction of sp³-hybridized carbons (Fsp3) is 1.00. The van der Waals surface area contributed by atoms with Crippen LogP contribution in [0, 0.1) is 0 Å². The van der Waals surface area contributed by atoms with Crippen molar-refractivity contribution in [3.05, 3.63) is 0 Å². The molecule has 0 atom stereocenters. The fourth-order valence-electron chi connectivity index (χ4n) is 0.648. The van der Waals surface area contributed by atoms with Gasteiger partial charge >= 0.3 is 0 Å². The molecule has 0 spiro atoms. The molecule has 0 aliphatic carbocycles. The van der Waals surface area contributed by atoms with E-state index in [0.717, 1.165) is 0 Å². The summed E-state index contributed by atoms with van der Waals surface area (Å²) in [6.07, 6.45) is 1.01. The van der Waals surface area contributed by atoms with Gasteiger partial charge in [-0.25, -0.2) is 0 Å². The van der Waals surface area contributed by atoms with E-state index in [2.05, 4.69) is 8.95 Å². The summed E-state index contributed by atoms with van der Waals surface area (Å²) in [5, 5.41) is 2.73. The van der Waals surface area contributed by atoms with Crippen LogP contribution in [0.25, 0.3) is 0 Å². The first-order chi connectivity index (χ1) is 5.77. The lowest BCUT2D eigenvalue weighted by molar-refractivity contribution is 0.464.